The lowest BCUT2D eigenvalue weighted by molar-refractivity contribution is -0.141. The number of amides is 2. The maximum atomic E-state index is 13.8. The lowest BCUT2D eigenvalue weighted by Gasteiger charge is -2.33. The van der Waals surface area contributed by atoms with Crippen molar-refractivity contribution in [2.24, 2.45) is 0 Å². The highest BCUT2D eigenvalue weighted by atomic mass is 35.5. The van der Waals surface area contributed by atoms with Gasteiger partial charge in [-0.3, -0.25) is 9.59 Å². The molecule has 3 aromatic rings. The van der Waals surface area contributed by atoms with Gasteiger partial charge in [-0.1, -0.05) is 79.2 Å². The van der Waals surface area contributed by atoms with Gasteiger partial charge in [0.15, 0.2) is 0 Å². The molecule has 2 atom stereocenters. The van der Waals surface area contributed by atoms with Crippen molar-refractivity contribution in [3.63, 3.8) is 0 Å². The van der Waals surface area contributed by atoms with E-state index in [1.165, 1.54) is 36.2 Å². The summed E-state index contributed by atoms with van der Waals surface area (Å²) >= 11 is 5.91. The third kappa shape index (κ3) is 7.90. The SMILES string of the molecule is CC[C@@H](C)NC(=O)[C@@H](Cc1ccccc1)N(Cc1ccccc1)C(=O)CN(C)S(=O)(=O)c1ccc(Cl)cc1. The van der Waals surface area contributed by atoms with Gasteiger partial charge in [0.25, 0.3) is 0 Å². The van der Waals surface area contributed by atoms with Crippen LogP contribution < -0.4 is 5.32 Å². The van der Waals surface area contributed by atoms with Crippen LogP contribution in [0.2, 0.25) is 5.02 Å². The van der Waals surface area contributed by atoms with Crippen molar-refractivity contribution < 1.29 is 18.0 Å². The molecule has 0 saturated heterocycles. The monoisotopic (exact) mass is 555 g/mol. The fourth-order valence-electron chi connectivity index (χ4n) is 3.93. The fourth-order valence-corrected chi connectivity index (χ4v) is 5.17. The van der Waals surface area contributed by atoms with Gasteiger partial charge in [-0.2, -0.15) is 4.31 Å². The first kappa shape index (κ1) is 29.4. The van der Waals surface area contributed by atoms with Crippen LogP contribution in [0.4, 0.5) is 0 Å². The van der Waals surface area contributed by atoms with Gasteiger partial charge in [-0.05, 0) is 48.7 Å². The first-order valence-electron chi connectivity index (χ1n) is 12.5. The van der Waals surface area contributed by atoms with Crippen LogP contribution in [0.15, 0.2) is 89.8 Å². The molecule has 9 heteroatoms. The zero-order valence-electron chi connectivity index (χ0n) is 21.9. The van der Waals surface area contributed by atoms with E-state index in [0.717, 1.165) is 21.9 Å². The van der Waals surface area contributed by atoms with Crippen molar-refractivity contribution in [2.45, 2.75) is 50.2 Å². The summed E-state index contributed by atoms with van der Waals surface area (Å²) in [5.41, 5.74) is 1.73. The first-order chi connectivity index (χ1) is 18.1. The Balaban J connectivity index is 1.95. The second kappa shape index (κ2) is 13.6. The van der Waals surface area contributed by atoms with Crippen molar-refractivity contribution in [3.8, 4) is 0 Å². The van der Waals surface area contributed by atoms with Crippen LogP contribution in [0.5, 0.6) is 0 Å². The number of hydrogen-bond donors (Lipinski definition) is 1. The minimum absolute atomic E-state index is 0.0298. The summed E-state index contributed by atoms with van der Waals surface area (Å²) in [6.45, 7) is 3.60. The van der Waals surface area contributed by atoms with Crippen molar-refractivity contribution >= 4 is 33.4 Å². The van der Waals surface area contributed by atoms with Crippen LogP contribution >= 0.6 is 11.6 Å². The molecule has 0 aliphatic rings. The van der Waals surface area contributed by atoms with Crippen molar-refractivity contribution in [1.29, 1.82) is 0 Å². The van der Waals surface area contributed by atoms with Crippen molar-refractivity contribution in [1.82, 2.24) is 14.5 Å². The number of hydrogen-bond acceptors (Lipinski definition) is 4. The van der Waals surface area contributed by atoms with E-state index in [0.29, 0.717) is 5.02 Å². The molecule has 202 valence electrons. The lowest BCUT2D eigenvalue weighted by Crippen LogP contribution is -2.54. The molecular formula is C29H34ClN3O4S. The van der Waals surface area contributed by atoms with Gasteiger partial charge >= 0.3 is 0 Å². The summed E-state index contributed by atoms with van der Waals surface area (Å²) in [6, 6.07) is 23.7. The maximum absolute atomic E-state index is 13.8. The van der Waals surface area contributed by atoms with Gasteiger partial charge in [0.1, 0.15) is 6.04 Å². The number of likely N-dealkylation sites (N-methyl/N-ethyl adjacent to an activating group) is 1. The second-order valence-corrected chi connectivity index (χ2v) is 11.7. The summed E-state index contributed by atoms with van der Waals surface area (Å²) in [6.07, 6.45) is 1.02. The number of nitrogens with one attached hydrogen (secondary N) is 1. The molecule has 0 heterocycles. The summed E-state index contributed by atoms with van der Waals surface area (Å²) in [7, 11) is -2.60. The molecule has 0 aliphatic carbocycles. The Hall–Kier alpha value is -3.20. The minimum Gasteiger partial charge on any atom is -0.352 e. The van der Waals surface area contributed by atoms with Gasteiger partial charge < -0.3 is 10.2 Å². The number of benzene rings is 3. The molecule has 0 saturated carbocycles. The Morgan fingerprint density at radius 2 is 1.45 bits per heavy atom. The van der Waals surface area contributed by atoms with Crippen LogP contribution in [-0.2, 0) is 32.6 Å². The first-order valence-corrected chi connectivity index (χ1v) is 14.3. The third-order valence-electron chi connectivity index (χ3n) is 6.35. The molecule has 3 rings (SSSR count). The Morgan fingerprint density at radius 3 is 2.00 bits per heavy atom. The fraction of sp³-hybridized carbons (Fsp3) is 0.310. The zero-order valence-corrected chi connectivity index (χ0v) is 23.5. The Bertz CT molecular complexity index is 1300. The van der Waals surface area contributed by atoms with Gasteiger partial charge in [0.2, 0.25) is 21.8 Å². The molecule has 38 heavy (non-hydrogen) atoms. The summed E-state index contributed by atoms with van der Waals surface area (Å²) in [5, 5.41) is 3.42. The second-order valence-electron chi connectivity index (χ2n) is 9.25. The molecule has 0 aromatic heterocycles. The van der Waals surface area contributed by atoms with E-state index in [1.54, 1.807) is 0 Å². The van der Waals surface area contributed by atoms with E-state index < -0.39 is 28.5 Å². The number of carbonyl (C=O) groups is 2. The third-order valence-corrected chi connectivity index (χ3v) is 8.42. The van der Waals surface area contributed by atoms with E-state index in [4.69, 9.17) is 11.6 Å². The van der Waals surface area contributed by atoms with E-state index in [-0.39, 0.29) is 29.8 Å². The van der Waals surface area contributed by atoms with Crippen LogP contribution in [0.1, 0.15) is 31.4 Å². The summed E-state index contributed by atoms with van der Waals surface area (Å²) < 4.78 is 27.3. The van der Waals surface area contributed by atoms with Gasteiger partial charge in [0, 0.05) is 31.1 Å². The number of rotatable bonds is 12. The summed E-state index contributed by atoms with van der Waals surface area (Å²) in [4.78, 5) is 28.8. The zero-order chi connectivity index (χ0) is 27.7. The average Bonchev–Trinajstić information content (AvgIpc) is 2.91. The van der Waals surface area contributed by atoms with Crippen molar-refractivity contribution in [3.05, 3.63) is 101 Å². The Kier molecular flexibility index (Phi) is 10.5. The highest BCUT2D eigenvalue weighted by Crippen LogP contribution is 2.20. The molecule has 2 amide bonds. The largest absolute Gasteiger partial charge is 0.352 e. The Morgan fingerprint density at radius 1 is 0.895 bits per heavy atom. The lowest BCUT2D eigenvalue weighted by atomic mass is 10.0. The van der Waals surface area contributed by atoms with Gasteiger partial charge in [-0.15, -0.1) is 0 Å². The van der Waals surface area contributed by atoms with Crippen LogP contribution in [-0.4, -0.2) is 55.1 Å². The highest BCUT2D eigenvalue weighted by molar-refractivity contribution is 7.89. The van der Waals surface area contributed by atoms with E-state index in [9.17, 15) is 18.0 Å². The number of sulfonamides is 1. The van der Waals surface area contributed by atoms with Crippen molar-refractivity contribution in [2.75, 3.05) is 13.6 Å². The van der Waals surface area contributed by atoms with Crippen LogP contribution in [0.25, 0.3) is 0 Å². The molecular weight excluding hydrogens is 522 g/mol. The molecule has 0 spiro atoms. The van der Waals surface area contributed by atoms with Crippen LogP contribution in [0.3, 0.4) is 0 Å². The predicted molar refractivity (Wildman–Crippen MR) is 150 cm³/mol. The average molecular weight is 556 g/mol. The number of nitrogens with zero attached hydrogens (tertiary/aromatic N) is 2. The van der Waals surface area contributed by atoms with E-state index >= 15 is 0 Å². The Labute approximate surface area is 230 Å². The molecule has 1 N–H and O–H groups in total. The maximum Gasteiger partial charge on any atom is 0.243 e. The molecule has 0 aliphatic heterocycles. The van der Waals surface area contributed by atoms with Crippen LogP contribution in [0, 0.1) is 0 Å². The molecule has 7 nitrogen and oxygen atoms in total. The predicted octanol–water partition coefficient (Wildman–Crippen LogP) is 4.52. The number of halogens is 1. The topological polar surface area (TPSA) is 86.8 Å². The highest BCUT2D eigenvalue weighted by Gasteiger charge is 2.33. The molecule has 0 fully saturated rings. The standard InChI is InChI=1S/C29H34ClN3O4S/c1-4-22(2)31-29(35)27(19-23-11-7-5-8-12-23)33(20-24-13-9-6-10-14-24)28(34)21-32(3)38(36,37)26-17-15-25(30)16-18-26/h5-18,22,27H,4,19-21H2,1-3H3,(H,31,35)/t22-,27-/m1/s1. The van der Waals surface area contributed by atoms with Gasteiger partial charge in [-0.25, -0.2) is 8.42 Å². The van der Waals surface area contributed by atoms with E-state index in [2.05, 4.69) is 5.32 Å². The molecule has 3 aromatic carbocycles. The molecule has 0 bridgehead atoms. The minimum atomic E-state index is -3.96. The van der Waals surface area contributed by atoms with Gasteiger partial charge in [0.05, 0.1) is 11.4 Å². The molecule has 0 radical (unpaired) electrons. The normalized spacial score (nSPS) is 13.1. The smallest absolute Gasteiger partial charge is 0.243 e. The molecule has 0 unspecified atom stereocenters. The number of carbonyl (C=O) groups excluding carboxylic acids is 2. The van der Waals surface area contributed by atoms with E-state index in [1.807, 2.05) is 74.5 Å². The quantitative estimate of drug-likeness (QED) is 0.356. The summed E-state index contributed by atoms with van der Waals surface area (Å²) in [5.74, 6) is -0.759.